The number of carbonyl (C=O) groups excluding carboxylic acids is 1. The molecular weight excluding hydrogens is 566 g/mol. The van der Waals surface area contributed by atoms with E-state index in [1.807, 2.05) is 0 Å². The predicted octanol–water partition coefficient (Wildman–Crippen LogP) is -3.09. The van der Waals surface area contributed by atoms with E-state index in [9.17, 15) is 45.6 Å². The summed E-state index contributed by atoms with van der Waals surface area (Å²) in [5.74, 6) is 1.12. The van der Waals surface area contributed by atoms with Crippen molar-refractivity contribution in [2.24, 2.45) is 0 Å². The molecule has 232 valence electrons. The molecule has 8 atom stereocenters. The summed E-state index contributed by atoms with van der Waals surface area (Å²) in [7, 11) is 0. The van der Waals surface area contributed by atoms with Crippen LogP contribution >= 0.6 is 11.8 Å². The highest BCUT2D eigenvalue weighted by molar-refractivity contribution is 8.13. The van der Waals surface area contributed by atoms with Crippen molar-refractivity contribution >= 4 is 16.9 Å². The van der Waals surface area contributed by atoms with Gasteiger partial charge < -0.3 is 60.2 Å². The molecule has 0 saturated carbocycles. The molecular formula is C26H39NO13S. The Balaban J connectivity index is 1.97. The van der Waals surface area contributed by atoms with Crippen molar-refractivity contribution in [3.05, 3.63) is 54.0 Å². The smallest absolute Gasteiger partial charge is 0.254 e. The van der Waals surface area contributed by atoms with Gasteiger partial charge in [-0.1, -0.05) is 23.9 Å². The van der Waals surface area contributed by atoms with Gasteiger partial charge in [-0.2, -0.15) is 0 Å². The number of nitrogens with zero attached hydrogens (tertiary/aromatic N) is 1. The molecule has 14 nitrogen and oxygen atoms in total. The van der Waals surface area contributed by atoms with Crippen molar-refractivity contribution in [1.29, 1.82) is 0 Å². The molecule has 1 heterocycles. The lowest BCUT2D eigenvalue weighted by Crippen LogP contribution is -2.53. The Hall–Kier alpha value is -2.12. The Labute approximate surface area is 240 Å². The van der Waals surface area contributed by atoms with E-state index in [4.69, 9.17) is 19.4 Å². The fraction of sp³-hybridized carbons (Fsp3) is 0.577. The molecule has 0 fully saturated rings. The Kier molecular flexibility index (Phi) is 15.2. The first-order valence-corrected chi connectivity index (χ1v) is 13.8. The minimum Gasteiger partial charge on any atom is -0.492 e. The van der Waals surface area contributed by atoms with Gasteiger partial charge in [0.15, 0.2) is 5.76 Å². The second-order valence-corrected chi connectivity index (χ2v) is 10.4. The first-order chi connectivity index (χ1) is 19.5. The summed E-state index contributed by atoms with van der Waals surface area (Å²) >= 11 is 1.08. The highest BCUT2D eigenvalue weighted by Crippen LogP contribution is 2.21. The third-order valence-corrected chi connectivity index (χ3v) is 7.17. The lowest BCUT2D eigenvalue weighted by Gasteiger charge is -2.33. The SMILES string of the molecule is O=C(SCc1ccc(OCCN(C[C@@H](O)[C@@H](O)[C@H](O)[C@H](O)CO)C[C@@H](O)[C@@H](O)[C@H](O)[C@H](O)CO)cc1)c1ccco1. The van der Waals surface area contributed by atoms with E-state index < -0.39 is 75.1 Å². The standard InChI is InChI=1S/C26H39NO13S/c28-12-19(32)24(36)22(34)17(30)10-27(11-18(31)23(35)25(37)20(33)13-29)7-9-39-16-5-3-15(4-6-16)14-41-26(38)21-2-1-8-40-21/h1-6,8,17-20,22-25,28-37H,7,9-14H2/t17-,18-,19-,20-,22-,23-,24-,25-/m1/s1. The summed E-state index contributed by atoms with van der Waals surface area (Å²) in [6.45, 7) is -2.54. The first kappa shape index (κ1) is 35.1. The molecule has 1 aromatic heterocycles. The van der Waals surface area contributed by atoms with Gasteiger partial charge >= 0.3 is 0 Å². The van der Waals surface area contributed by atoms with Crippen LogP contribution < -0.4 is 4.74 Å². The minimum absolute atomic E-state index is 0.000109. The van der Waals surface area contributed by atoms with Crippen molar-refractivity contribution in [2.75, 3.05) is 39.5 Å². The number of rotatable bonds is 19. The van der Waals surface area contributed by atoms with Gasteiger partial charge in [0.05, 0.1) is 31.7 Å². The van der Waals surface area contributed by atoms with Gasteiger partial charge in [-0.15, -0.1) is 0 Å². The molecule has 0 spiro atoms. The van der Waals surface area contributed by atoms with Crippen LogP contribution in [0.2, 0.25) is 0 Å². The van der Waals surface area contributed by atoms with Gasteiger partial charge in [-0.3, -0.25) is 9.69 Å². The number of ether oxygens (including phenoxy) is 1. The number of benzene rings is 1. The van der Waals surface area contributed by atoms with Gasteiger partial charge in [-0.05, 0) is 29.8 Å². The summed E-state index contributed by atoms with van der Waals surface area (Å²) in [4.78, 5) is 13.4. The Bertz CT molecular complexity index is 966. The van der Waals surface area contributed by atoms with Crippen LogP contribution in [0.5, 0.6) is 5.75 Å². The van der Waals surface area contributed by atoms with E-state index in [0.29, 0.717) is 11.5 Å². The predicted molar refractivity (Wildman–Crippen MR) is 145 cm³/mol. The monoisotopic (exact) mass is 605 g/mol. The number of hydrogen-bond acceptors (Lipinski definition) is 15. The van der Waals surface area contributed by atoms with Gasteiger partial charge in [0.25, 0.3) is 5.12 Å². The Morgan fingerprint density at radius 1 is 0.780 bits per heavy atom. The van der Waals surface area contributed by atoms with Crippen LogP contribution in [0.4, 0.5) is 0 Å². The normalized spacial score (nSPS) is 17.8. The van der Waals surface area contributed by atoms with Crippen molar-refractivity contribution in [3.63, 3.8) is 0 Å². The second-order valence-electron chi connectivity index (χ2n) is 9.40. The van der Waals surface area contributed by atoms with E-state index in [0.717, 1.165) is 17.3 Å². The van der Waals surface area contributed by atoms with Crippen LogP contribution in [-0.4, -0.2) is 149 Å². The number of thioether (sulfide) groups is 1. The zero-order chi connectivity index (χ0) is 30.5. The highest BCUT2D eigenvalue weighted by atomic mass is 32.2. The molecule has 15 heteroatoms. The molecule has 0 unspecified atom stereocenters. The third kappa shape index (κ3) is 11.2. The molecule has 0 saturated heterocycles. The fourth-order valence-electron chi connectivity index (χ4n) is 3.72. The van der Waals surface area contributed by atoms with Crippen LogP contribution in [0.1, 0.15) is 16.1 Å². The lowest BCUT2D eigenvalue weighted by atomic mass is 10.0. The zero-order valence-corrected chi connectivity index (χ0v) is 23.0. The molecule has 0 aliphatic heterocycles. The van der Waals surface area contributed by atoms with E-state index >= 15 is 0 Å². The van der Waals surface area contributed by atoms with Crippen LogP contribution in [-0.2, 0) is 5.75 Å². The van der Waals surface area contributed by atoms with E-state index in [1.54, 1.807) is 36.4 Å². The largest absolute Gasteiger partial charge is 0.492 e. The number of hydrogen-bond donors (Lipinski definition) is 10. The minimum atomic E-state index is -1.88. The molecule has 41 heavy (non-hydrogen) atoms. The second kappa shape index (κ2) is 17.7. The van der Waals surface area contributed by atoms with Gasteiger partial charge in [0, 0.05) is 25.4 Å². The van der Waals surface area contributed by atoms with Crippen LogP contribution in [0.3, 0.4) is 0 Å². The molecule has 0 aliphatic carbocycles. The molecule has 0 aliphatic rings. The average molecular weight is 606 g/mol. The van der Waals surface area contributed by atoms with Gasteiger partial charge in [0.2, 0.25) is 0 Å². The maximum absolute atomic E-state index is 12.1. The van der Waals surface area contributed by atoms with Crippen molar-refractivity contribution in [3.8, 4) is 5.75 Å². The van der Waals surface area contributed by atoms with Crippen LogP contribution in [0, 0.1) is 0 Å². The summed E-state index contributed by atoms with van der Waals surface area (Å²) in [5, 5.41) is 97.8. The average Bonchev–Trinajstić information content (AvgIpc) is 3.53. The highest BCUT2D eigenvalue weighted by Gasteiger charge is 2.34. The Morgan fingerprint density at radius 3 is 1.76 bits per heavy atom. The van der Waals surface area contributed by atoms with Gasteiger partial charge in [-0.25, -0.2) is 0 Å². The van der Waals surface area contributed by atoms with Gasteiger partial charge in [0.1, 0.15) is 49.0 Å². The summed E-state index contributed by atoms with van der Waals surface area (Å²) in [5.41, 5.74) is 0.852. The van der Waals surface area contributed by atoms with E-state index in [-0.39, 0.29) is 24.0 Å². The quantitative estimate of drug-likeness (QED) is 0.0762. The third-order valence-electron chi connectivity index (χ3n) is 6.23. The lowest BCUT2D eigenvalue weighted by molar-refractivity contribution is -0.130. The number of furan rings is 1. The topological polar surface area (TPSA) is 245 Å². The first-order valence-electron chi connectivity index (χ1n) is 12.8. The molecule has 0 amide bonds. The zero-order valence-electron chi connectivity index (χ0n) is 22.2. The maximum atomic E-state index is 12.1. The van der Waals surface area contributed by atoms with Crippen molar-refractivity contribution in [1.82, 2.24) is 4.90 Å². The molecule has 0 bridgehead atoms. The number of aliphatic hydroxyl groups is 10. The van der Waals surface area contributed by atoms with Crippen LogP contribution in [0.25, 0.3) is 0 Å². The summed E-state index contributed by atoms with van der Waals surface area (Å²) < 4.78 is 10.8. The molecule has 2 rings (SSSR count). The molecule has 1 aromatic carbocycles. The van der Waals surface area contributed by atoms with Crippen molar-refractivity contribution in [2.45, 2.75) is 54.6 Å². The molecule has 10 N–H and O–H groups in total. The molecule has 2 aromatic rings. The molecule has 0 radical (unpaired) electrons. The summed E-state index contributed by atoms with van der Waals surface area (Å²) in [6.07, 6.45) is -12.9. The van der Waals surface area contributed by atoms with Crippen LogP contribution in [0.15, 0.2) is 47.1 Å². The summed E-state index contributed by atoms with van der Waals surface area (Å²) in [6, 6.07) is 10.1. The van der Waals surface area contributed by atoms with E-state index in [1.165, 1.54) is 11.2 Å². The van der Waals surface area contributed by atoms with Crippen molar-refractivity contribution < 1.29 is 65.0 Å². The number of carbonyl (C=O) groups is 1. The fourth-order valence-corrected chi connectivity index (χ4v) is 4.47. The van der Waals surface area contributed by atoms with E-state index in [2.05, 4.69) is 0 Å². The maximum Gasteiger partial charge on any atom is 0.254 e. The Morgan fingerprint density at radius 2 is 1.29 bits per heavy atom. The number of aliphatic hydroxyl groups excluding tert-OH is 10.